The second-order valence-electron chi connectivity index (χ2n) is 7.85. The first kappa shape index (κ1) is 18.1. The lowest BCUT2D eigenvalue weighted by Gasteiger charge is -2.43. The lowest BCUT2D eigenvalue weighted by atomic mass is 9.86. The summed E-state index contributed by atoms with van der Waals surface area (Å²) in [6.45, 7) is 3.92. The molecule has 4 rings (SSSR count). The maximum Gasteiger partial charge on any atom is 0.225 e. The van der Waals surface area contributed by atoms with E-state index in [2.05, 4.69) is 14.8 Å². The van der Waals surface area contributed by atoms with Crippen molar-refractivity contribution in [3.05, 3.63) is 23.5 Å². The summed E-state index contributed by atoms with van der Waals surface area (Å²) in [4.78, 5) is 21.6. The molecule has 0 spiro atoms. The Kier molecular flexibility index (Phi) is 5.65. The van der Waals surface area contributed by atoms with Crippen LogP contribution in [-0.4, -0.2) is 59.0 Å². The van der Waals surface area contributed by atoms with Crippen LogP contribution >= 0.6 is 11.6 Å². The maximum atomic E-state index is 12.9. The van der Waals surface area contributed by atoms with Crippen LogP contribution in [0.1, 0.15) is 44.9 Å². The summed E-state index contributed by atoms with van der Waals surface area (Å²) >= 11 is 5.81. The number of amides is 1. The fourth-order valence-electron chi connectivity index (χ4n) is 4.37. The summed E-state index contributed by atoms with van der Waals surface area (Å²) in [6.07, 6.45) is 9.63. The molecule has 0 atom stereocenters. The summed E-state index contributed by atoms with van der Waals surface area (Å²) < 4.78 is 5.99. The fraction of sp³-hybridized carbons (Fsp3) is 0.700. The summed E-state index contributed by atoms with van der Waals surface area (Å²) in [6, 6.07) is 4.39. The standard InChI is InChI=1S/C20H28ClN3O2/c21-19-9-8-18(14-22-19)26-17-6-4-15(5-7-17)20(25)24-12-10-23(11-13-24)16-2-1-3-16/h8-9,14-17H,1-7,10-13H2/t15-,17+. The minimum absolute atomic E-state index is 0.174. The van der Waals surface area contributed by atoms with E-state index in [4.69, 9.17) is 16.3 Å². The normalized spacial score (nSPS) is 27.8. The van der Waals surface area contributed by atoms with Crippen molar-refractivity contribution in [3.8, 4) is 5.75 Å². The van der Waals surface area contributed by atoms with Crippen LogP contribution in [0.15, 0.2) is 18.3 Å². The number of piperazine rings is 1. The van der Waals surface area contributed by atoms with Gasteiger partial charge in [-0.1, -0.05) is 18.0 Å². The zero-order valence-corrected chi connectivity index (χ0v) is 16.0. The van der Waals surface area contributed by atoms with Crippen LogP contribution in [0.2, 0.25) is 5.15 Å². The van der Waals surface area contributed by atoms with E-state index in [1.807, 2.05) is 6.07 Å². The SMILES string of the molecule is O=C([C@H]1CC[C@@H](Oc2ccc(Cl)nc2)CC1)N1CCN(C2CCC2)CC1. The van der Waals surface area contributed by atoms with Crippen LogP contribution in [0.3, 0.4) is 0 Å². The third kappa shape index (κ3) is 4.15. The zero-order chi connectivity index (χ0) is 17.9. The van der Waals surface area contributed by atoms with Crippen molar-refractivity contribution < 1.29 is 9.53 Å². The van der Waals surface area contributed by atoms with E-state index in [9.17, 15) is 4.79 Å². The Hall–Kier alpha value is -1.33. The molecule has 1 aromatic heterocycles. The molecule has 5 nitrogen and oxygen atoms in total. The Morgan fingerprint density at radius 2 is 1.77 bits per heavy atom. The van der Waals surface area contributed by atoms with Crippen LogP contribution in [-0.2, 0) is 4.79 Å². The lowest BCUT2D eigenvalue weighted by Crippen LogP contribution is -2.54. The average molecular weight is 378 g/mol. The molecular weight excluding hydrogens is 350 g/mol. The van der Waals surface area contributed by atoms with Gasteiger partial charge in [0, 0.05) is 38.1 Å². The van der Waals surface area contributed by atoms with Gasteiger partial charge in [-0.2, -0.15) is 0 Å². The minimum atomic E-state index is 0.174. The van der Waals surface area contributed by atoms with Gasteiger partial charge in [0.2, 0.25) is 5.91 Å². The number of pyridine rings is 1. The van der Waals surface area contributed by atoms with Crippen LogP contribution < -0.4 is 4.74 Å². The Labute approximate surface area is 160 Å². The van der Waals surface area contributed by atoms with E-state index in [-0.39, 0.29) is 12.0 Å². The molecule has 0 aromatic carbocycles. The van der Waals surface area contributed by atoms with Gasteiger partial charge in [0.25, 0.3) is 0 Å². The highest BCUT2D eigenvalue weighted by Crippen LogP contribution is 2.30. The Morgan fingerprint density at radius 1 is 1.04 bits per heavy atom. The van der Waals surface area contributed by atoms with Crippen molar-refractivity contribution in [2.45, 2.75) is 57.1 Å². The van der Waals surface area contributed by atoms with E-state index in [1.54, 1.807) is 12.3 Å². The molecule has 1 aromatic rings. The number of aromatic nitrogens is 1. The van der Waals surface area contributed by atoms with Crippen LogP contribution in [0, 0.1) is 5.92 Å². The lowest BCUT2D eigenvalue weighted by molar-refractivity contribution is -0.139. The molecule has 0 unspecified atom stereocenters. The Morgan fingerprint density at radius 3 is 2.35 bits per heavy atom. The molecule has 1 saturated heterocycles. The molecule has 3 aliphatic rings. The van der Waals surface area contributed by atoms with Gasteiger partial charge in [-0.3, -0.25) is 9.69 Å². The van der Waals surface area contributed by atoms with Crippen molar-refractivity contribution in [1.29, 1.82) is 0 Å². The molecule has 0 N–H and O–H groups in total. The quantitative estimate of drug-likeness (QED) is 0.755. The molecular formula is C20H28ClN3O2. The van der Waals surface area contributed by atoms with Crippen molar-refractivity contribution >= 4 is 17.5 Å². The van der Waals surface area contributed by atoms with Gasteiger partial charge in [-0.05, 0) is 50.7 Å². The third-order valence-corrected chi connectivity index (χ3v) is 6.47. The van der Waals surface area contributed by atoms with Gasteiger partial charge in [0.15, 0.2) is 0 Å². The summed E-state index contributed by atoms with van der Waals surface area (Å²) in [7, 11) is 0. The van der Waals surface area contributed by atoms with Crippen LogP contribution in [0.25, 0.3) is 0 Å². The summed E-state index contributed by atoms with van der Waals surface area (Å²) in [5, 5.41) is 0.476. The van der Waals surface area contributed by atoms with Crippen molar-refractivity contribution in [2.75, 3.05) is 26.2 Å². The number of ether oxygens (including phenoxy) is 1. The van der Waals surface area contributed by atoms with Gasteiger partial charge in [-0.25, -0.2) is 4.98 Å². The number of nitrogens with zero attached hydrogens (tertiary/aromatic N) is 3. The van der Waals surface area contributed by atoms with Crippen molar-refractivity contribution in [3.63, 3.8) is 0 Å². The molecule has 3 fully saturated rings. The zero-order valence-electron chi connectivity index (χ0n) is 15.3. The Balaban J connectivity index is 1.21. The second kappa shape index (κ2) is 8.13. The molecule has 1 amide bonds. The molecule has 26 heavy (non-hydrogen) atoms. The Bertz CT molecular complexity index is 604. The van der Waals surface area contributed by atoms with E-state index >= 15 is 0 Å². The first-order valence-corrected chi connectivity index (χ1v) is 10.4. The number of hydrogen-bond acceptors (Lipinski definition) is 4. The molecule has 2 aliphatic carbocycles. The van der Waals surface area contributed by atoms with E-state index in [0.717, 1.165) is 63.7 Å². The highest BCUT2D eigenvalue weighted by molar-refractivity contribution is 6.29. The molecule has 0 radical (unpaired) electrons. The maximum absolute atomic E-state index is 12.9. The predicted molar refractivity (Wildman–Crippen MR) is 101 cm³/mol. The number of rotatable bonds is 4. The monoisotopic (exact) mass is 377 g/mol. The number of carbonyl (C=O) groups excluding carboxylic acids is 1. The average Bonchev–Trinajstić information content (AvgIpc) is 2.63. The largest absolute Gasteiger partial charge is 0.489 e. The van der Waals surface area contributed by atoms with Gasteiger partial charge in [-0.15, -0.1) is 0 Å². The van der Waals surface area contributed by atoms with Crippen LogP contribution in [0.4, 0.5) is 0 Å². The molecule has 2 heterocycles. The molecule has 142 valence electrons. The summed E-state index contributed by atoms with van der Waals surface area (Å²) in [5.74, 6) is 1.30. The van der Waals surface area contributed by atoms with Crippen LogP contribution in [0.5, 0.6) is 5.75 Å². The van der Waals surface area contributed by atoms with E-state index < -0.39 is 0 Å². The number of hydrogen-bond donors (Lipinski definition) is 0. The molecule has 2 saturated carbocycles. The van der Waals surface area contributed by atoms with Crippen molar-refractivity contribution in [2.24, 2.45) is 5.92 Å². The molecule has 0 bridgehead atoms. The fourth-order valence-corrected chi connectivity index (χ4v) is 4.48. The topological polar surface area (TPSA) is 45.7 Å². The van der Waals surface area contributed by atoms with Gasteiger partial charge in [0.1, 0.15) is 10.9 Å². The van der Waals surface area contributed by atoms with Crippen molar-refractivity contribution in [1.82, 2.24) is 14.8 Å². The van der Waals surface area contributed by atoms with Gasteiger partial charge < -0.3 is 9.64 Å². The predicted octanol–water partition coefficient (Wildman–Crippen LogP) is 3.37. The molecule has 6 heteroatoms. The van der Waals surface area contributed by atoms with Gasteiger partial charge in [0.05, 0.1) is 12.3 Å². The minimum Gasteiger partial charge on any atom is -0.489 e. The van der Waals surface area contributed by atoms with E-state index in [0.29, 0.717) is 11.1 Å². The summed E-state index contributed by atoms with van der Waals surface area (Å²) in [5.41, 5.74) is 0. The van der Waals surface area contributed by atoms with E-state index in [1.165, 1.54) is 19.3 Å². The first-order chi connectivity index (χ1) is 12.7. The first-order valence-electron chi connectivity index (χ1n) is 10.00. The van der Waals surface area contributed by atoms with Gasteiger partial charge >= 0.3 is 0 Å². The highest BCUT2D eigenvalue weighted by atomic mass is 35.5. The second-order valence-corrected chi connectivity index (χ2v) is 8.24. The molecule has 1 aliphatic heterocycles. The smallest absolute Gasteiger partial charge is 0.225 e. The highest BCUT2D eigenvalue weighted by Gasteiger charge is 2.33. The number of halogens is 1. The third-order valence-electron chi connectivity index (χ3n) is 6.24. The number of carbonyl (C=O) groups is 1.